The van der Waals surface area contributed by atoms with Crippen molar-refractivity contribution < 1.29 is 4.79 Å². The molecule has 3 heterocycles. The number of fused-ring (bicyclic) bond motifs is 1. The van der Waals surface area contributed by atoms with Crippen LogP contribution in [0.15, 0.2) is 48.5 Å². The highest BCUT2D eigenvalue weighted by atomic mass is 16.1. The van der Waals surface area contributed by atoms with E-state index in [1.165, 1.54) is 4.52 Å². The lowest BCUT2D eigenvalue weighted by Gasteiger charge is -2.08. The highest BCUT2D eigenvalue weighted by Gasteiger charge is 2.17. The van der Waals surface area contributed by atoms with Crippen molar-refractivity contribution in [3.63, 3.8) is 0 Å². The number of nitrogens with two attached hydrogens (primary N) is 1. The Balaban J connectivity index is 1.73. The summed E-state index contributed by atoms with van der Waals surface area (Å²) in [5, 5.41) is 11.4. The Labute approximate surface area is 160 Å². The lowest BCUT2D eigenvalue weighted by molar-refractivity contribution is 0.0993. The van der Waals surface area contributed by atoms with Gasteiger partial charge in [0, 0.05) is 13.0 Å². The predicted molar refractivity (Wildman–Crippen MR) is 103 cm³/mol. The maximum atomic E-state index is 11.6. The molecule has 4 rings (SSSR count). The van der Waals surface area contributed by atoms with Crippen molar-refractivity contribution in [1.29, 1.82) is 0 Å². The molecule has 4 aromatic rings. The molecule has 0 aliphatic heterocycles. The quantitative estimate of drug-likeness (QED) is 0.528. The summed E-state index contributed by atoms with van der Waals surface area (Å²) in [5.74, 6) is 0.891. The van der Waals surface area contributed by atoms with Gasteiger partial charge in [-0.1, -0.05) is 48.5 Å². The van der Waals surface area contributed by atoms with Crippen molar-refractivity contribution in [3.05, 3.63) is 65.6 Å². The van der Waals surface area contributed by atoms with Crippen LogP contribution in [0.25, 0.3) is 17.0 Å². The fraction of sp³-hybridized carbons (Fsp3) is 0.158. The number of nitrogens with one attached hydrogen (secondary N) is 1. The van der Waals surface area contributed by atoms with Crippen LogP contribution in [0.4, 0.5) is 5.95 Å². The van der Waals surface area contributed by atoms with E-state index in [1.807, 2.05) is 37.3 Å². The predicted octanol–water partition coefficient (Wildman–Crippen LogP) is 1.85. The molecule has 0 aliphatic rings. The molecule has 0 aliphatic carbocycles. The third kappa shape index (κ3) is 3.37. The van der Waals surface area contributed by atoms with Gasteiger partial charge in [-0.05, 0) is 17.7 Å². The van der Waals surface area contributed by atoms with E-state index in [9.17, 15) is 4.79 Å². The molecule has 0 bridgehead atoms. The number of carbonyl (C=O) groups excluding carboxylic acids is 1. The summed E-state index contributed by atoms with van der Waals surface area (Å²) >= 11 is 0. The Morgan fingerprint density at radius 2 is 1.89 bits per heavy atom. The molecule has 0 saturated carbocycles. The number of nitrogens with zero attached hydrogens (tertiary/aromatic N) is 6. The molecule has 9 nitrogen and oxygen atoms in total. The van der Waals surface area contributed by atoms with Gasteiger partial charge in [0.2, 0.25) is 5.95 Å². The molecule has 1 aromatic carbocycles. The van der Waals surface area contributed by atoms with E-state index in [4.69, 9.17) is 5.73 Å². The maximum Gasteiger partial charge on any atom is 0.267 e. The molecule has 0 spiro atoms. The minimum atomic E-state index is -0.586. The van der Waals surface area contributed by atoms with E-state index in [1.54, 1.807) is 18.2 Å². The van der Waals surface area contributed by atoms with E-state index in [2.05, 4.69) is 30.6 Å². The van der Waals surface area contributed by atoms with E-state index >= 15 is 0 Å². The second-order valence-electron chi connectivity index (χ2n) is 6.10. The molecule has 3 N–H and O–H groups in total. The van der Waals surface area contributed by atoms with Gasteiger partial charge in [0.1, 0.15) is 11.5 Å². The molecule has 1 amide bonds. The number of aromatic nitrogens is 6. The molecule has 0 fully saturated rings. The average Bonchev–Trinajstić information content (AvgIpc) is 3.17. The third-order valence-electron chi connectivity index (χ3n) is 4.20. The summed E-state index contributed by atoms with van der Waals surface area (Å²) in [6.45, 7) is 2.55. The lowest BCUT2D eigenvalue weighted by atomic mass is 10.2. The fourth-order valence-corrected chi connectivity index (χ4v) is 2.80. The number of hydrogen-bond acceptors (Lipinski definition) is 7. The van der Waals surface area contributed by atoms with Gasteiger partial charge in [-0.25, -0.2) is 9.50 Å². The van der Waals surface area contributed by atoms with Crippen LogP contribution in [-0.2, 0) is 13.0 Å². The Bertz CT molecular complexity index is 1140. The number of hydrogen-bond donors (Lipinski definition) is 2. The van der Waals surface area contributed by atoms with Gasteiger partial charge >= 0.3 is 0 Å². The SMILES string of the molecule is CCc1nc(NCc2ccccc2)nc(-c2nnn3c(C(N)=O)cccc23)n1. The van der Waals surface area contributed by atoms with Gasteiger partial charge in [0.05, 0.1) is 5.52 Å². The smallest absolute Gasteiger partial charge is 0.267 e. The van der Waals surface area contributed by atoms with Crippen molar-refractivity contribution in [2.45, 2.75) is 19.9 Å². The van der Waals surface area contributed by atoms with Crippen LogP contribution >= 0.6 is 0 Å². The van der Waals surface area contributed by atoms with Crippen LogP contribution in [0.1, 0.15) is 28.8 Å². The molecule has 3 aromatic heterocycles. The summed E-state index contributed by atoms with van der Waals surface area (Å²) in [5.41, 5.74) is 7.82. The first-order valence-electron chi connectivity index (χ1n) is 8.83. The van der Waals surface area contributed by atoms with E-state index < -0.39 is 5.91 Å². The second-order valence-corrected chi connectivity index (χ2v) is 6.10. The van der Waals surface area contributed by atoms with Gasteiger partial charge in [0.15, 0.2) is 11.5 Å². The van der Waals surface area contributed by atoms with Crippen LogP contribution in [-0.4, -0.2) is 35.7 Å². The summed E-state index contributed by atoms with van der Waals surface area (Å²) in [4.78, 5) is 25.0. The standard InChI is InChI=1S/C19H18N8O/c1-2-15-22-18(24-19(23-15)21-11-12-7-4-3-5-8-12)16-13-9-6-10-14(17(20)28)27(13)26-25-16/h3-10H,2,11H2,1H3,(H2,20,28)(H,21,22,23,24). The Morgan fingerprint density at radius 3 is 2.64 bits per heavy atom. The Morgan fingerprint density at radius 1 is 1.07 bits per heavy atom. The summed E-state index contributed by atoms with van der Waals surface area (Å²) in [7, 11) is 0. The van der Waals surface area contributed by atoms with E-state index in [0.29, 0.717) is 41.8 Å². The van der Waals surface area contributed by atoms with Crippen LogP contribution < -0.4 is 11.1 Å². The molecule has 140 valence electrons. The first-order valence-corrected chi connectivity index (χ1v) is 8.83. The summed E-state index contributed by atoms with van der Waals surface area (Å²) < 4.78 is 1.39. The average molecular weight is 374 g/mol. The molecule has 0 saturated heterocycles. The summed E-state index contributed by atoms with van der Waals surface area (Å²) in [6, 6.07) is 15.1. The number of pyridine rings is 1. The van der Waals surface area contributed by atoms with Gasteiger partial charge in [-0.15, -0.1) is 5.10 Å². The highest BCUT2D eigenvalue weighted by molar-refractivity contribution is 5.92. The van der Waals surface area contributed by atoms with Gasteiger partial charge in [0.25, 0.3) is 5.91 Å². The minimum Gasteiger partial charge on any atom is -0.364 e. The minimum absolute atomic E-state index is 0.239. The zero-order valence-corrected chi connectivity index (χ0v) is 15.2. The first kappa shape index (κ1) is 17.5. The van der Waals surface area contributed by atoms with Crippen LogP contribution in [0.5, 0.6) is 0 Å². The molecule has 0 unspecified atom stereocenters. The van der Waals surface area contributed by atoms with Crippen molar-refractivity contribution in [2.75, 3.05) is 5.32 Å². The van der Waals surface area contributed by atoms with Crippen molar-refractivity contribution >= 4 is 17.4 Å². The van der Waals surface area contributed by atoms with Gasteiger partial charge in [-0.2, -0.15) is 9.97 Å². The largest absolute Gasteiger partial charge is 0.364 e. The van der Waals surface area contributed by atoms with Gasteiger partial charge < -0.3 is 11.1 Å². The Hall–Kier alpha value is -3.88. The highest BCUT2D eigenvalue weighted by Crippen LogP contribution is 2.21. The zero-order chi connectivity index (χ0) is 19.5. The number of carbonyl (C=O) groups is 1. The van der Waals surface area contributed by atoms with E-state index in [-0.39, 0.29) is 5.69 Å². The fourth-order valence-electron chi connectivity index (χ4n) is 2.80. The molecule has 28 heavy (non-hydrogen) atoms. The van der Waals surface area contributed by atoms with Crippen LogP contribution in [0.2, 0.25) is 0 Å². The number of benzene rings is 1. The molecule has 9 heteroatoms. The zero-order valence-electron chi connectivity index (χ0n) is 15.2. The lowest BCUT2D eigenvalue weighted by Crippen LogP contribution is -2.15. The second kappa shape index (κ2) is 7.39. The van der Waals surface area contributed by atoms with Crippen molar-refractivity contribution in [2.24, 2.45) is 5.73 Å². The number of primary amides is 1. The summed E-state index contributed by atoms with van der Waals surface area (Å²) in [6.07, 6.45) is 0.640. The molecular formula is C19H18N8O. The normalized spacial score (nSPS) is 10.9. The van der Waals surface area contributed by atoms with Gasteiger partial charge in [-0.3, -0.25) is 4.79 Å². The molecule has 0 radical (unpaired) electrons. The maximum absolute atomic E-state index is 11.6. The number of aryl methyl sites for hydroxylation is 1. The van der Waals surface area contributed by atoms with Crippen LogP contribution in [0, 0.1) is 0 Å². The van der Waals surface area contributed by atoms with Crippen LogP contribution in [0.3, 0.4) is 0 Å². The monoisotopic (exact) mass is 374 g/mol. The van der Waals surface area contributed by atoms with Crippen molar-refractivity contribution in [3.8, 4) is 11.5 Å². The number of rotatable bonds is 6. The first-order chi connectivity index (χ1) is 13.7. The number of anilines is 1. The number of amides is 1. The Kier molecular flexibility index (Phi) is 4.63. The van der Waals surface area contributed by atoms with Crippen molar-refractivity contribution in [1.82, 2.24) is 29.8 Å². The third-order valence-corrected chi connectivity index (χ3v) is 4.20. The van der Waals surface area contributed by atoms with E-state index in [0.717, 1.165) is 5.56 Å². The topological polar surface area (TPSA) is 124 Å². The molecular weight excluding hydrogens is 356 g/mol. The molecule has 0 atom stereocenters.